The predicted octanol–water partition coefficient (Wildman–Crippen LogP) is 3.44. The zero-order chi connectivity index (χ0) is 23.9. The standard InChI is InChI=1S/C20H16Cl2F3N3O4S/c21-10-2-1-9(5-11(10)22)33-20-19(31)17(18(30)15(7-29)32-20)28-6-14(26-27-28)8-3-12(23)16(25)13(24)4-8/h1-6,15,17-20,29-31H,7H2. The quantitative estimate of drug-likeness (QED) is 0.442. The van der Waals surface area contributed by atoms with E-state index in [4.69, 9.17) is 27.9 Å². The number of thioether (sulfide) groups is 1. The van der Waals surface area contributed by atoms with Gasteiger partial charge in [-0.3, -0.25) is 0 Å². The van der Waals surface area contributed by atoms with Gasteiger partial charge in [-0.15, -0.1) is 5.10 Å². The van der Waals surface area contributed by atoms with E-state index in [9.17, 15) is 28.5 Å². The van der Waals surface area contributed by atoms with Crippen LogP contribution in [0.15, 0.2) is 41.4 Å². The number of ether oxygens (including phenoxy) is 1. The molecule has 1 saturated heterocycles. The van der Waals surface area contributed by atoms with Gasteiger partial charge in [0.15, 0.2) is 17.5 Å². The van der Waals surface area contributed by atoms with E-state index in [1.54, 1.807) is 18.2 Å². The summed E-state index contributed by atoms with van der Waals surface area (Å²) in [5.74, 6) is -4.41. The first kappa shape index (κ1) is 24.3. The molecule has 0 bridgehead atoms. The molecule has 1 aromatic heterocycles. The van der Waals surface area contributed by atoms with Crippen LogP contribution in [0.2, 0.25) is 10.0 Å². The Morgan fingerprint density at radius 1 is 1.03 bits per heavy atom. The van der Waals surface area contributed by atoms with E-state index in [0.717, 1.165) is 28.6 Å². The van der Waals surface area contributed by atoms with Crippen molar-refractivity contribution in [1.82, 2.24) is 15.0 Å². The van der Waals surface area contributed by atoms with Crippen LogP contribution in [0.5, 0.6) is 0 Å². The molecule has 0 saturated carbocycles. The molecule has 0 aliphatic carbocycles. The van der Waals surface area contributed by atoms with Crippen molar-refractivity contribution >= 4 is 35.0 Å². The zero-order valence-corrected chi connectivity index (χ0v) is 18.8. The van der Waals surface area contributed by atoms with Crippen LogP contribution in [0.3, 0.4) is 0 Å². The Balaban J connectivity index is 1.63. The number of nitrogens with zero attached hydrogens (tertiary/aromatic N) is 3. The van der Waals surface area contributed by atoms with Crippen LogP contribution in [-0.4, -0.2) is 60.7 Å². The van der Waals surface area contributed by atoms with Gasteiger partial charge in [-0.25, -0.2) is 17.9 Å². The van der Waals surface area contributed by atoms with Crippen LogP contribution in [-0.2, 0) is 4.74 Å². The minimum Gasteiger partial charge on any atom is -0.394 e. The minimum atomic E-state index is -1.62. The Labute approximate surface area is 199 Å². The van der Waals surface area contributed by atoms with E-state index in [1.165, 1.54) is 6.20 Å². The average molecular weight is 522 g/mol. The monoisotopic (exact) mass is 521 g/mol. The van der Waals surface area contributed by atoms with Crippen molar-refractivity contribution in [3.8, 4) is 11.3 Å². The van der Waals surface area contributed by atoms with Crippen LogP contribution in [0, 0.1) is 17.5 Å². The minimum absolute atomic E-state index is 0.0204. The lowest BCUT2D eigenvalue weighted by Gasteiger charge is -2.41. The van der Waals surface area contributed by atoms with Crippen molar-refractivity contribution < 1.29 is 33.2 Å². The number of aliphatic hydroxyl groups excluding tert-OH is 3. The van der Waals surface area contributed by atoms with Crippen molar-refractivity contribution in [2.45, 2.75) is 34.7 Å². The summed E-state index contributed by atoms with van der Waals surface area (Å²) in [7, 11) is 0. The van der Waals surface area contributed by atoms with Crippen molar-refractivity contribution in [3.63, 3.8) is 0 Å². The molecule has 0 spiro atoms. The first-order chi connectivity index (χ1) is 15.7. The highest BCUT2D eigenvalue weighted by atomic mass is 35.5. The van der Waals surface area contributed by atoms with E-state index < -0.39 is 53.8 Å². The Hall–Kier alpha value is -1.86. The molecule has 5 unspecified atom stereocenters. The number of aliphatic hydroxyl groups is 3. The predicted molar refractivity (Wildman–Crippen MR) is 114 cm³/mol. The number of halogens is 5. The lowest BCUT2D eigenvalue weighted by molar-refractivity contribution is -0.178. The molecular weight excluding hydrogens is 506 g/mol. The molecule has 4 rings (SSSR count). The van der Waals surface area contributed by atoms with Gasteiger partial charge in [0.25, 0.3) is 0 Å². The molecule has 13 heteroatoms. The first-order valence-electron chi connectivity index (χ1n) is 9.50. The van der Waals surface area contributed by atoms with Crippen LogP contribution >= 0.6 is 35.0 Å². The summed E-state index contributed by atoms with van der Waals surface area (Å²) in [6.07, 6.45) is -2.58. The second kappa shape index (κ2) is 9.79. The van der Waals surface area contributed by atoms with Crippen molar-refractivity contribution in [3.05, 3.63) is 64.0 Å². The number of rotatable bonds is 5. The summed E-state index contributed by atoms with van der Waals surface area (Å²) in [4.78, 5) is 0.608. The number of aromatic nitrogens is 3. The van der Waals surface area contributed by atoms with Crippen molar-refractivity contribution in [1.29, 1.82) is 0 Å². The molecule has 7 nitrogen and oxygen atoms in total. The fourth-order valence-electron chi connectivity index (χ4n) is 3.42. The highest BCUT2D eigenvalue weighted by molar-refractivity contribution is 7.99. The smallest absolute Gasteiger partial charge is 0.194 e. The van der Waals surface area contributed by atoms with Gasteiger partial charge in [0.2, 0.25) is 0 Å². The maximum Gasteiger partial charge on any atom is 0.194 e. The van der Waals surface area contributed by atoms with Gasteiger partial charge in [0, 0.05) is 10.5 Å². The normalized spacial score (nSPS) is 25.4. The Kier molecular flexibility index (Phi) is 7.20. The van der Waals surface area contributed by atoms with Crippen molar-refractivity contribution in [2.24, 2.45) is 0 Å². The van der Waals surface area contributed by atoms with Crippen LogP contribution in [0.25, 0.3) is 11.3 Å². The van der Waals surface area contributed by atoms with Crippen LogP contribution < -0.4 is 0 Å². The summed E-state index contributed by atoms with van der Waals surface area (Å²) >= 11 is 13.0. The van der Waals surface area contributed by atoms with E-state index in [2.05, 4.69) is 10.3 Å². The SMILES string of the molecule is OCC1OC(Sc2ccc(Cl)c(Cl)c2)C(O)C(n2cc(-c3cc(F)c(F)c(F)c3)nn2)C1O. The van der Waals surface area contributed by atoms with Gasteiger partial charge in [-0.1, -0.05) is 40.2 Å². The summed E-state index contributed by atoms with van der Waals surface area (Å²) in [6, 6.07) is 5.18. The largest absolute Gasteiger partial charge is 0.394 e. The lowest BCUT2D eigenvalue weighted by Crippen LogP contribution is -2.55. The summed E-state index contributed by atoms with van der Waals surface area (Å²) < 4.78 is 47.2. The number of benzene rings is 2. The molecule has 2 aromatic carbocycles. The summed E-state index contributed by atoms with van der Waals surface area (Å²) in [5, 5.41) is 39.6. The fourth-order valence-corrected chi connectivity index (χ4v) is 4.88. The average Bonchev–Trinajstić information content (AvgIpc) is 3.26. The maximum atomic E-state index is 13.6. The third-order valence-corrected chi connectivity index (χ3v) is 6.97. The van der Waals surface area contributed by atoms with Crippen LogP contribution in [0.1, 0.15) is 6.04 Å². The van der Waals surface area contributed by atoms with E-state index in [-0.39, 0.29) is 11.3 Å². The molecule has 2 heterocycles. The molecule has 1 aliphatic rings. The van der Waals surface area contributed by atoms with Gasteiger partial charge < -0.3 is 20.1 Å². The lowest BCUT2D eigenvalue weighted by atomic mass is 9.97. The molecule has 3 aromatic rings. The summed E-state index contributed by atoms with van der Waals surface area (Å²) in [5.41, 5.74) is -1.07. The molecule has 1 aliphatic heterocycles. The molecule has 5 atom stereocenters. The Bertz CT molecular complexity index is 1150. The molecule has 3 N–H and O–H groups in total. The maximum absolute atomic E-state index is 13.6. The number of hydrogen-bond donors (Lipinski definition) is 3. The van der Waals surface area contributed by atoms with Gasteiger partial charge in [0.05, 0.1) is 22.8 Å². The Morgan fingerprint density at radius 3 is 2.36 bits per heavy atom. The summed E-state index contributed by atoms with van der Waals surface area (Å²) in [6.45, 7) is -0.557. The van der Waals surface area contributed by atoms with Crippen molar-refractivity contribution in [2.75, 3.05) is 6.61 Å². The molecule has 33 heavy (non-hydrogen) atoms. The third kappa shape index (κ3) is 4.85. The topological polar surface area (TPSA) is 101 Å². The highest BCUT2D eigenvalue weighted by Gasteiger charge is 2.46. The van der Waals surface area contributed by atoms with Gasteiger partial charge in [0.1, 0.15) is 35.5 Å². The highest BCUT2D eigenvalue weighted by Crippen LogP contribution is 2.39. The zero-order valence-electron chi connectivity index (χ0n) is 16.4. The molecular formula is C20H16Cl2F3N3O4S. The van der Waals surface area contributed by atoms with Gasteiger partial charge in [-0.2, -0.15) is 0 Å². The third-order valence-electron chi connectivity index (χ3n) is 5.09. The first-order valence-corrected chi connectivity index (χ1v) is 11.1. The Morgan fingerprint density at radius 2 is 1.73 bits per heavy atom. The molecule has 0 radical (unpaired) electrons. The second-order valence-corrected chi connectivity index (χ2v) is 9.21. The second-order valence-electron chi connectivity index (χ2n) is 7.23. The molecule has 176 valence electrons. The van der Waals surface area contributed by atoms with E-state index in [0.29, 0.717) is 14.9 Å². The molecule has 0 amide bonds. The fraction of sp³-hybridized carbons (Fsp3) is 0.300. The molecule has 1 fully saturated rings. The van der Waals surface area contributed by atoms with Gasteiger partial charge in [-0.05, 0) is 30.3 Å². The van der Waals surface area contributed by atoms with E-state index in [1.807, 2.05) is 0 Å². The van der Waals surface area contributed by atoms with Gasteiger partial charge >= 0.3 is 0 Å². The number of hydrogen-bond acceptors (Lipinski definition) is 7. The van der Waals surface area contributed by atoms with E-state index >= 15 is 0 Å². The van der Waals surface area contributed by atoms with Crippen LogP contribution in [0.4, 0.5) is 13.2 Å².